The molecule has 1 aliphatic heterocycles. The number of ketones is 1. The van der Waals surface area contributed by atoms with Crippen molar-refractivity contribution in [2.45, 2.75) is 89.1 Å². The van der Waals surface area contributed by atoms with Gasteiger partial charge in [0.25, 0.3) is 0 Å². The van der Waals surface area contributed by atoms with Crippen LogP contribution in [0.15, 0.2) is 71.9 Å². The van der Waals surface area contributed by atoms with E-state index in [4.69, 9.17) is 21.1 Å². The number of benzene rings is 2. The SMILES string of the molecule is CCOC(=O)C(C)(C)Cc1c(SC(C)(C)C)c2cc(OC(C(=O)c3ccncc3)C3CCCN3)ccc2n1Cc1ccc(Cl)cc1. The van der Waals surface area contributed by atoms with Crippen LogP contribution >= 0.6 is 23.4 Å². The zero-order valence-corrected chi connectivity index (χ0v) is 29.1. The summed E-state index contributed by atoms with van der Waals surface area (Å²) < 4.78 is 14.3. The number of halogens is 1. The number of nitrogens with zero attached hydrogens (tertiary/aromatic N) is 2. The van der Waals surface area contributed by atoms with Crippen LogP contribution in [0.1, 0.15) is 76.0 Å². The number of aromatic nitrogens is 2. The van der Waals surface area contributed by atoms with E-state index in [2.05, 4.69) is 47.8 Å². The lowest BCUT2D eigenvalue weighted by Gasteiger charge is -2.26. The molecule has 4 aromatic rings. The maximum absolute atomic E-state index is 13.8. The molecule has 7 nitrogen and oxygen atoms in total. The Balaban J connectivity index is 1.64. The number of nitrogens with one attached hydrogen (secondary N) is 1. The van der Waals surface area contributed by atoms with Gasteiger partial charge in [-0.3, -0.25) is 14.6 Å². The molecular formula is C37H44ClN3O4S. The maximum atomic E-state index is 13.8. The van der Waals surface area contributed by atoms with Gasteiger partial charge in [0.05, 0.1) is 18.1 Å². The van der Waals surface area contributed by atoms with E-state index in [-0.39, 0.29) is 22.5 Å². The zero-order chi connectivity index (χ0) is 33.1. The van der Waals surface area contributed by atoms with Crippen LogP contribution in [-0.2, 0) is 22.5 Å². The fraction of sp³-hybridized carbons (Fsp3) is 0.432. The van der Waals surface area contributed by atoms with Crippen molar-refractivity contribution < 1.29 is 19.1 Å². The molecule has 1 N–H and O–H groups in total. The highest BCUT2D eigenvalue weighted by Gasteiger charge is 2.35. The average Bonchev–Trinajstić information content (AvgIpc) is 3.64. The van der Waals surface area contributed by atoms with Crippen molar-refractivity contribution in [1.82, 2.24) is 14.9 Å². The Kier molecular flexibility index (Phi) is 10.5. The highest BCUT2D eigenvalue weighted by atomic mass is 35.5. The van der Waals surface area contributed by atoms with Crippen molar-refractivity contribution in [2.75, 3.05) is 13.2 Å². The van der Waals surface area contributed by atoms with Crippen molar-refractivity contribution in [1.29, 1.82) is 0 Å². The van der Waals surface area contributed by atoms with Gasteiger partial charge in [-0.15, -0.1) is 11.8 Å². The molecule has 0 amide bonds. The Morgan fingerprint density at radius 3 is 2.41 bits per heavy atom. The number of hydrogen-bond acceptors (Lipinski definition) is 7. The quantitative estimate of drug-likeness (QED) is 0.0932. The van der Waals surface area contributed by atoms with E-state index in [1.165, 1.54) is 0 Å². The molecule has 0 radical (unpaired) electrons. The first-order valence-electron chi connectivity index (χ1n) is 16.0. The second-order valence-corrected chi connectivity index (χ2v) is 15.8. The van der Waals surface area contributed by atoms with E-state index in [1.54, 1.807) is 36.3 Å². The molecule has 3 heterocycles. The Bertz CT molecular complexity index is 1670. The van der Waals surface area contributed by atoms with Gasteiger partial charge in [-0.25, -0.2) is 0 Å². The van der Waals surface area contributed by atoms with Crippen molar-refractivity contribution in [3.63, 3.8) is 0 Å². The van der Waals surface area contributed by atoms with Crippen LogP contribution in [0.5, 0.6) is 5.75 Å². The highest BCUT2D eigenvalue weighted by Crippen LogP contribution is 2.44. The first kappa shape index (κ1) is 34.0. The van der Waals surface area contributed by atoms with E-state index in [1.807, 2.05) is 51.1 Å². The number of carbonyl (C=O) groups excluding carboxylic acids is 2. The largest absolute Gasteiger partial charge is 0.481 e. The molecule has 5 rings (SSSR count). The lowest BCUT2D eigenvalue weighted by molar-refractivity contribution is -0.153. The number of Topliss-reactive ketones (excluding diaryl/α,β-unsaturated/α-hetero) is 1. The molecule has 2 aromatic heterocycles. The molecule has 1 aliphatic rings. The third kappa shape index (κ3) is 7.96. The van der Waals surface area contributed by atoms with Crippen LogP contribution in [0.3, 0.4) is 0 Å². The minimum absolute atomic E-state index is 0.0663. The lowest BCUT2D eigenvalue weighted by atomic mass is 9.87. The fourth-order valence-corrected chi connectivity index (χ4v) is 7.22. The number of hydrogen-bond donors (Lipinski definition) is 1. The molecule has 1 saturated heterocycles. The minimum atomic E-state index is -0.759. The molecule has 2 aromatic carbocycles. The molecule has 2 unspecified atom stereocenters. The maximum Gasteiger partial charge on any atom is 0.311 e. The summed E-state index contributed by atoms with van der Waals surface area (Å²) >= 11 is 8.01. The summed E-state index contributed by atoms with van der Waals surface area (Å²) in [7, 11) is 0. The molecular weight excluding hydrogens is 618 g/mol. The van der Waals surface area contributed by atoms with Crippen LogP contribution in [0.25, 0.3) is 10.9 Å². The Morgan fingerprint density at radius 2 is 1.78 bits per heavy atom. The number of thioether (sulfide) groups is 1. The van der Waals surface area contributed by atoms with E-state index >= 15 is 0 Å². The molecule has 46 heavy (non-hydrogen) atoms. The van der Waals surface area contributed by atoms with Gasteiger partial charge in [0.2, 0.25) is 5.78 Å². The lowest BCUT2D eigenvalue weighted by Crippen LogP contribution is -2.44. The van der Waals surface area contributed by atoms with E-state index in [0.717, 1.165) is 46.4 Å². The first-order chi connectivity index (χ1) is 21.9. The number of ether oxygens (including phenoxy) is 2. The summed E-state index contributed by atoms with van der Waals surface area (Å²) in [6.45, 7) is 14.1. The molecule has 9 heteroatoms. The van der Waals surface area contributed by atoms with Gasteiger partial charge in [0.1, 0.15) is 5.75 Å². The Morgan fingerprint density at radius 1 is 1.07 bits per heavy atom. The minimum Gasteiger partial charge on any atom is -0.481 e. The molecule has 0 bridgehead atoms. The molecule has 244 valence electrons. The number of fused-ring (bicyclic) bond motifs is 1. The summed E-state index contributed by atoms with van der Waals surface area (Å²) in [5.74, 6) is 0.336. The van der Waals surface area contributed by atoms with Crippen LogP contribution < -0.4 is 10.1 Å². The Labute approximate surface area is 281 Å². The topological polar surface area (TPSA) is 82.5 Å². The monoisotopic (exact) mass is 661 g/mol. The van der Waals surface area contributed by atoms with Crippen LogP contribution in [0, 0.1) is 5.41 Å². The third-order valence-corrected chi connectivity index (χ3v) is 9.67. The van der Waals surface area contributed by atoms with Gasteiger partial charge in [-0.2, -0.15) is 0 Å². The standard InChI is InChI=1S/C37H44ClN3O4S/c1-7-44-35(43)37(5,6)22-31-34(46-36(2,3)4)28-21-27(14-15-30(28)41(31)23-24-10-12-26(38)13-11-24)45-33(29-9-8-18-40-29)32(42)25-16-19-39-20-17-25/h10-17,19-21,29,33,40H,7-9,18,22-23H2,1-6H3. The summed E-state index contributed by atoms with van der Waals surface area (Å²) in [5, 5.41) is 5.18. The number of pyridine rings is 1. The summed E-state index contributed by atoms with van der Waals surface area (Å²) in [6, 6.07) is 17.3. The number of rotatable bonds is 12. The highest BCUT2D eigenvalue weighted by molar-refractivity contribution is 8.00. The molecule has 2 atom stereocenters. The Hall–Kier alpha value is -3.33. The third-order valence-electron chi connectivity index (χ3n) is 8.14. The predicted octanol–water partition coefficient (Wildman–Crippen LogP) is 8.14. The second-order valence-electron chi connectivity index (χ2n) is 13.5. The summed E-state index contributed by atoms with van der Waals surface area (Å²) in [6.07, 6.45) is 4.93. The van der Waals surface area contributed by atoms with Crippen molar-refractivity contribution >= 4 is 46.0 Å². The van der Waals surface area contributed by atoms with Gasteiger partial charge in [0, 0.05) is 62.2 Å². The van der Waals surface area contributed by atoms with Crippen LogP contribution in [0.4, 0.5) is 0 Å². The second kappa shape index (κ2) is 14.2. The number of esters is 1. The summed E-state index contributed by atoms with van der Waals surface area (Å²) in [5.41, 5.74) is 3.00. The van der Waals surface area contributed by atoms with Gasteiger partial charge in [-0.05, 0) is 88.2 Å². The molecule has 0 aliphatic carbocycles. The summed E-state index contributed by atoms with van der Waals surface area (Å²) in [4.78, 5) is 32.1. The zero-order valence-electron chi connectivity index (χ0n) is 27.6. The van der Waals surface area contributed by atoms with E-state index in [0.29, 0.717) is 35.9 Å². The van der Waals surface area contributed by atoms with Crippen molar-refractivity contribution in [2.24, 2.45) is 5.41 Å². The smallest absolute Gasteiger partial charge is 0.311 e. The average molecular weight is 662 g/mol. The first-order valence-corrected chi connectivity index (χ1v) is 17.2. The van der Waals surface area contributed by atoms with Crippen LogP contribution in [-0.4, -0.2) is 51.3 Å². The van der Waals surface area contributed by atoms with Crippen LogP contribution in [0.2, 0.25) is 5.02 Å². The molecule has 0 spiro atoms. The number of carbonyl (C=O) groups is 2. The van der Waals surface area contributed by atoms with Gasteiger partial charge >= 0.3 is 5.97 Å². The van der Waals surface area contributed by atoms with E-state index in [9.17, 15) is 9.59 Å². The predicted molar refractivity (Wildman–Crippen MR) is 186 cm³/mol. The van der Waals surface area contributed by atoms with Gasteiger partial charge < -0.3 is 19.4 Å². The fourth-order valence-electron chi connectivity index (χ4n) is 5.91. The molecule has 0 saturated carbocycles. The van der Waals surface area contributed by atoms with E-state index < -0.39 is 11.5 Å². The normalized spacial score (nSPS) is 16.0. The van der Waals surface area contributed by atoms with Crippen molar-refractivity contribution in [3.8, 4) is 5.75 Å². The van der Waals surface area contributed by atoms with Crippen molar-refractivity contribution in [3.05, 3.63) is 88.8 Å². The molecule has 1 fully saturated rings. The van der Waals surface area contributed by atoms with Gasteiger partial charge in [0.15, 0.2) is 6.10 Å². The van der Waals surface area contributed by atoms with Gasteiger partial charge in [-0.1, -0.05) is 44.5 Å².